The number of esters is 1. The average molecular weight is 266 g/mol. The van der Waals surface area contributed by atoms with Crippen LogP contribution in [-0.4, -0.2) is 38.7 Å². The minimum atomic E-state index is -0.758. The van der Waals surface area contributed by atoms with E-state index in [9.17, 15) is 9.59 Å². The van der Waals surface area contributed by atoms with Crippen LogP contribution < -0.4 is 11.1 Å². The van der Waals surface area contributed by atoms with Crippen molar-refractivity contribution in [2.75, 3.05) is 26.1 Å². The molecule has 1 rings (SSSR count). The largest absolute Gasteiger partial charge is 0.465 e. The number of hydrogen-bond acceptors (Lipinski definition) is 5. The van der Waals surface area contributed by atoms with E-state index in [-0.39, 0.29) is 12.5 Å². The van der Waals surface area contributed by atoms with Gasteiger partial charge in [0.2, 0.25) is 5.91 Å². The lowest BCUT2D eigenvalue weighted by Gasteiger charge is -2.13. The van der Waals surface area contributed by atoms with Crippen molar-refractivity contribution >= 4 is 17.6 Å². The maximum Gasteiger partial charge on any atom is 0.337 e. The van der Waals surface area contributed by atoms with E-state index in [1.165, 1.54) is 14.2 Å². The van der Waals surface area contributed by atoms with Gasteiger partial charge in [0, 0.05) is 12.8 Å². The van der Waals surface area contributed by atoms with E-state index in [1.807, 2.05) is 6.92 Å². The van der Waals surface area contributed by atoms with Crippen LogP contribution in [0.1, 0.15) is 15.9 Å². The second kappa shape index (κ2) is 6.86. The molecule has 6 nitrogen and oxygen atoms in total. The Labute approximate surface area is 111 Å². The van der Waals surface area contributed by atoms with E-state index in [0.717, 1.165) is 5.56 Å². The number of nitrogens with two attached hydrogens (primary N) is 1. The summed E-state index contributed by atoms with van der Waals surface area (Å²) in [7, 11) is 2.77. The molecule has 3 N–H and O–H groups in total. The van der Waals surface area contributed by atoms with E-state index in [2.05, 4.69) is 10.1 Å². The number of rotatable bonds is 5. The van der Waals surface area contributed by atoms with Gasteiger partial charge in [0.25, 0.3) is 0 Å². The Morgan fingerprint density at radius 1 is 1.37 bits per heavy atom. The Hall–Kier alpha value is -1.92. The average Bonchev–Trinajstić information content (AvgIpc) is 2.40. The zero-order chi connectivity index (χ0) is 14.4. The van der Waals surface area contributed by atoms with Crippen LogP contribution in [-0.2, 0) is 14.3 Å². The summed E-state index contributed by atoms with van der Waals surface area (Å²) in [5.74, 6) is -0.830. The second-order valence-electron chi connectivity index (χ2n) is 4.07. The molecule has 0 aliphatic carbocycles. The van der Waals surface area contributed by atoms with Crippen LogP contribution in [0.5, 0.6) is 0 Å². The number of methoxy groups -OCH3 is 2. The molecule has 1 unspecified atom stereocenters. The number of ether oxygens (including phenoxy) is 2. The molecule has 0 bridgehead atoms. The van der Waals surface area contributed by atoms with Gasteiger partial charge in [-0.05, 0) is 24.6 Å². The number of benzene rings is 1. The molecule has 0 saturated heterocycles. The molecule has 0 radical (unpaired) electrons. The highest BCUT2D eigenvalue weighted by atomic mass is 16.5. The predicted octanol–water partition coefficient (Wildman–Crippen LogP) is 0.694. The highest BCUT2D eigenvalue weighted by molar-refractivity contribution is 5.97. The monoisotopic (exact) mass is 266 g/mol. The summed E-state index contributed by atoms with van der Waals surface area (Å²) in [5, 5.41) is 2.66. The van der Waals surface area contributed by atoms with E-state index in [4.69, 9.17) is 10.5 Å². The topological polar surface area (TPSA) is 90.6 Å². The lowest BCUT2D eigenvalue weighted by Crippen LogP contribution is -2.39. The first kappa shape index (κ1) is 15.1. The molecule has 0 fully saturated rings. The molecule has 1 amide bonds. The van der Waals surface area contributed by atoms with Crippen LogP contribution in [0.15, 0.2) is 18.2 Å². The first-order chi connectivity index (χ1) is 8.99. The third-order valence-electron chi connectivity index (χ3n) is 2.60. The first-order valence-electron chi connectivity index (χ1n) is 5.74. The van der Waals surface area contributed by atoms with Crippen LogP contribution in [0.4, 0.5) is 5.69 Å². The van der Waals surface area contributed by atoms with Crippen LogP contribution in [0.25, 0.3) is 0 Å². The van der Waals surface area contributed by atoms with Gasteiger partial charge in [0.15, 0.2) is 0 Å². The van der Waals surface area contributed by atoms with Crippen molar-refractivity contribution in [3.63, 3.8) is 0 Å². The van der Waals surface area contributed by atoms with Crippen molar-refractivity contribution < 1.29 is 19.1 Å². The molecule has 1 atom stereocenters. The molecule has 0 spiro atoms. The van der Waals surface area contributed by atoms with Crippen LogP contribution in [0.2, 0.25) is 0 Å². The second-order valence-corrected chi connectivity index (χ2v) is 4.07. The first-order valence-corrected chi connectivity index (χ1v) is 5.74. The van der Waals surface area contributed by atoms with Crippen molar-refractivity contribution in [3.8, 4) is 0 Å². The molecule has 1 aromatic carbocycles. The van der Waals surface area contributed by atoms with Gasteiger partial charge in [-0.2, -0.15) is 0 Å². The minimum Gasteiger partial charge on any atom is -0.465 e. The molecule has 104 valence electrons. The fourth-order valence-electron chi connectivity index (χ4n) is 1.48. The Morgan fingerprint density at radius 3 is 2.63 bits per heavy atom. The third-order valence-corrected chi connectivity index (χ3v) is 2.60. The van der Waals surface area contributed by atoms with Gasteiger partial charge in [-0.15, -0.1) is 0 Å². The number of hydrogen-bond donors (Lipinski definition) is 2. The Morgan fingerprint density at radius 2 is 2.05 bits per heavy atom. The standard InChI is InChI=1S/C13H18N2O4/c1-8-4-5-9(13(17)19-3)6-11(8)15-12(16)10(14)7-18-2/h4-6,10H,7,14H2,1-3H3,(H,15,16). The summed E-state index contributed by atoms with van der Waals surface area (Å²) < 4.78 is 9.44. The Balaban J connectivity index is 2.88. The van der Waals surface area contributed by atoms with Crippen molar-refractivity contribution in [1.29, 1.82) is 0 Å². The number of aryl methyl sites for hydroxylation is 1. The summed E-state index contributed by atoms with van der Waals surface area (Å²) in [4.78, 5) is 23.2. The van der Waals surface area contributed by atoms with Crippen LogP contribution in [0, 0.1) is 6.92 Å². The predicted molar refractivity (Wildman–Crippen MR) is 71.0 cm³/mol. The summed E-state index contributed by atoms with van der Waals surface area (Å²) in [6, 6.07) is 4.15. The van der Waals surface area contributed by atoms with Crippen molar-refractivity contribution in [2.45, 2.75) is 13.0 Å². The maximum absolute atomic E-state index is 11.8. The van der Waals surface area contributed by atoms with Crippen molar-refractivity contribution in [3.05, 3.63) is 29.3 Å². The van der Waals surface area contributed by atoms with E-state index in [0.29, 0.717) is 11.3 Å². The van der Waals surface area contributed by atoms with Gasteiger partial charge in [0.05, 0.1) is 19.3 Å². The maximum atomic E-state index is 11.8. The SMILES string of the molecule is COCC(N)C(=O)Nc1cc(C(=O)OC)ccc1C. The molecule has 0 heterocycles. The molecule has 19 heavy (non-hydrogen) atoms. The van der Waals surface area contributed by atoms with Gasteiger partial charge < -0.3 is 20.5 Å². The van der Waals surface area contributed by atoms with E-state index in [1.54, 1.807) is 18.2 Å². The molecule has 0 aliphatic rings. The van der Waals surface area contributed by atoms with Gasteiger partial charge in [0.1, 0.15) is 6.04 Å². The summed E-state index contributed by atoms with van der Waals surface area (Å²) in [6.07, 6.45) is 0. The number of carbonyl (C=O) groups is 2. The molecule has 1 aromatic rings. The molecular formula is C13H18N2O4. The highest BCUT2D eigenvalue weighted by Crippen LogP contribution is 2.17. The normalized spacial score (nSPS) is 11.8. The van der Waals surface area contributed by atoms with Crippen LogP contribution in [0.3, 0.4) is 0 Å². The van der Waals surface area contributed by atoms with Crippen LogP contribution >= 0.6 is 0 Å². The molecule has 0 saturated carbocycles. The number of amides is 1. The Bertz CT molecular complexity index is 474. The summed E-state index contributed by atoms with van der Waals surface area (Å²) in [5.41, 5.74) is 7.34. The van der Waals surface area contributed by atoms with Gasteiger partial charge in [-0.3, -0.25) is 4.79 Å². The minimum absolute atomic E-state index is 0.127. The zero-order valence-corrected chi connectivity index (χ0v) is 11.2. The number of anilines is 1. The van der Waals surface area contributed by atoms with Gasteiger partial charge >= 0.3 is 5.97 Å². The lowest BCUT2D eigenvalue weighted by molar-refractivity contribution is -0.118. The third kappa shape index (κ3) is 4.04. The van der Waals surface area contributed by atoms with Gasteiger partial charge in [-0.1, -0.05) is 6.07 Å². The fraction of sp³-hybridized carbons (Fsp3) is 0.385. The van der Waals surface area contributed by atoms with Crippen molar-refractivity contribution in [2.24, 2.45) is 5.73 Å². The van der Waals surface area contributed by atoms with Gasteiger partial charge in [-0.25, -0.2) is 4.79 Å². The summed E-state index contributed by atoms with van der Waals surface area (Å²) in [6.45, 7) is 1.94. The quantitative estimate of drug-likeness (QED) is 0.765. The van der Waals surface area contributed by atoms with E-state index < -0.39 is 12.0 Å². The Kier molecular flexibility index (Phi) is 5.47. The lowest BCUT2D eigenvalue weighted by atomic mass is 10.1. The molecular weight excluding hydrogens is 248 g/mol. The van der Waals surface area contributed by atoms with E-state index >= 15 is 0 Å². The molecule has 0 aliphatic heterocycles. The number of carbonyl (C=O) groups excluding carboxylic acids is 2. The van der Waals surface area contributed by atoms with Crippen molar-refractivity contribution in [1.82, 2.24) is 0 Å². The highest BCUT2D eigenvalue weighted by Gasteiger charge is 2.15. The number of nitrogens with one attached hydrogen (secondary N) is 1. The molecule has 6 heteroatoms. The smallest absolute Gasteiger partial charge is 0.337 e. The fourth-order valence-corrected chi connectivity index (χ4v) is 1.48. The molecule has 0 aromatic heterocycles. The summed E-state index contributed by atoms with van der Waals surface area (Å²) >= 11 is 0. The zero-order valence-electron chi connectivity index (χ0n) is 11.2.